The molecule has 6 aromatic rings. The Balaban J connectivity index is 1.30. The average molecular weight is 674 g/mol. The van der Waals surface area contributed by atoms with Crippen molar-refractivity contribution in [2.24, 2.45) is 11.3 Å². The first-order chi connectivity index (χ1) is 23.7. The van der Waals surface area contributed by atoms with Crippen molar-refractivity contribution in [3.63, 3.8) is 0 Å². The lowest BCUT2D eigenvalue weighted by molar-refractivity contribution is -0.148. The molecule has 1 aliphatic carbocycles. The van der Waals surface area contributed by atoms with Gasteiger partial charge in [0.15, 0.2) is 0 Å². The summed E-state index contributed by atoms with van der Waals surface area (Å²) in [5, 5.41) is 12.6. The summed E-state index contributed by atoms with van der Waals surface area (Å²) >= 11 is 1.66. The molecule has 1 atom stereocenters. The molecule has 0 radical (unpaired) electrons. The van der Waals surface area contributed by atoms with Crippen LogP contribution in [0.25, 0.3) is 32.2 Å². The number of methoxy groups -OCH3 is 1. The van der Waals surface area contributed by atoms with Gasteiger partial charge in [-0.3, -0.25) is 4.79 Å². The Kier molecular flexibility index (Phi) is 9.16. The highest BCUT2D eigenvalue weighted by molar-refractivity contribution is 7.18. The van der Waals surface area contributed by atoms with E-state index >= 15 is 0 Å². The average Bonchev–Trinajstić information content (AvgIpc) is 3.64. The quantitative estimate of drug-likeness (QED) is 0.131. The van der Waals surface area contributed by atoms with Crippen LogP contribution in [0.1, 0.15) is 74.2 Å². The van der Waals surface area contributed by atoms with Crippen LogP contribution in [0, 0.1) is 11.3 Å². The molecule has 1 aliphatic rings. The van der Waals surface area contributed by atoms with E-state index in [4.69, 9.17) is 14.5 Å². The zero-order valence-electron chi connectivity index (χ0n) is 28.6. The summed E-state index contributed by atoms with van der Waals surface area (Å²) in [6.07, 6.45) is 7.16. The van der Waals surface area contributed by atoms with Crippen molar-refractivity contribution in [3.05, 3.63) is 107 Å². The smallest absolute Gasteiger partial charge is 0.309 e. The Bertz CT molecular complexity index is 2060. The van der Waals surface area contributed by atoms with Crippen molar-refractivity contribution >= 4 is 38.4 Å². The number of carbonyl (C=O) groups is 1. The number of hydrogen-bond acceptors (Lipinski definition) is 6. The van der Waals surface area contributed by atoms with E-state index in [9.17, 15) is 9.90 Å². The van der Waals surface area contributed by atoms with Gasteiger partial charge in [0.1, 0.15) is 17.4 Å². The lowest BCUT2D eigenvalue weighted by atomic mass is 9.72. The first-order valence-corrected chi connectivity index (χ1v) is 18.0. The van der Waals surface area contributed by atoms with Gasteiger partial charge in [-0.1, -0.05) is 62.6 Å². The van der Waals surface area contributed by atoms with Gasteiger partial charge >= 0.3 is 5.97 Å². The van der Waals surface area contributed by atoms with E-state index in [0.29, 0.717) is 24.9 Å². The number of pyridine rings is 1. The topological polar surface area (TPSA) is 86.5 Å². The van der Waals surface area contributed by atoms with Crippen LogP contribution in [0.2, 0.25) is 0 Å². The van der Waals surface area contributed by atoms with Crippen LogP contribution in [0.4, 0.5) is 0 Å². The zero-order chi connectivity index (χ0) is 34.1. The standard InChI is InChI=1S/C41H43N3O4S/c1-5-33(41(2,3)40(45)46)39-32(21-26-9-8-10-26)31-22-30(48-25-38-43-34-11-6-7-12-36(34)49-38)18-19-35(31)44(39)24-27-13-15-28(16-14-27)29-17-20-37(47-4)42-23-29/h6-7,11-20,22-23,26,33H,5,8-10,21,24-25H2,1-4H3,(H,45,46). The number of hydrogen-bond donors (Lipinski definition) is 1. The summed E-state index contributed by atoms with van der Waals surface area (Å²) < 4.78 is 15.2. The third-order valence-electron chi connectivity index (χ3n) is 10.3. The van der Waals surface area contributed by atoms with Crippen LogP contribution in [-0.4, -0.2) is 32.7 Å². The number of para-hydroxylation sites is 1. The molecule has 3 aromatic carbocycles. The lowest BCUT2D eigenvalue weighted by Crippen LogP contribution is -2.33. The van der Waals surface area contributed by atoms with E-state index in [1.54, 1.807) is 18.4 Å². The van der Waals surface area contributed by atoms with Gasteiger partial charge in [-0.2, -0.15) is 0 Å². The van der Waals surface area contributed by atoms with E-state index in [1.807, 2.05) is 56.4 Å². The third kappa shape index (κ3) is 6.54. The molecule has 1 fully saturated rings. The van der Waals surface area contributed by atoms with Crippen LogP contribution in [0.3, 0.4) is 0 Å². The number of aromatic nitrogens is 3. The molecular weight excluding hydrogens is 631 g/mol. The van der Waals surface area contributed by atoms with Crippen molar-refractivity contribution in [2.45, 2.75) is 71.9 Å². The third-order valence-corrected chi connectivity index (χ3v) is 11.3. The van der Waals surface area contributed by atoms with Crippen molar-refractivity contribution in [2.75, 3.05) is 7.11 Å². The van der Waals surface area contributed by atoms with Crippen molar-refractivity contribution < 1.29 is 19.4 Å². The second-order valence-corrected chi connectivity index (χ2v) is 14.9. The number of carboxylic acid groups (broad SMARTS) is 1. The summed E-state index contributed by atoms with van der Waals surface area (Å²) in [5.74, 6) is 1.04. The maximum absolute atomic E-state index is 12.8. The van der Waals surface area contributed by atoms with Crippen LogP contribution >= 0.6 is 11.3 Å². The Morgan fingerprint density at radius 3 is 2.47 bits per heavy atom. The number of thiazole rings is 1. The van der Waals surface area contributed by atoms with Crippen LogP contribution in [-0.2, 0) is 24.4 Å². The monoisotopic (exact) mass is 673 g/mol. The van der Waals surface area contributed by atoms with Crippen molar-refractivity contribution in [1.82, 2.24) is 14.5 Å². The molecule has 3 heterocycles. The minimum atomic E-state index is -0.952. The second kappa shape index (κ2) is 13.7. The molecule has 0 amide bonds. The van der Waals surface area contributed by atoms with Gasteiger partial charge in [0.05, 0.1) is 22.7 Å². The zero-order valence-corrected chi connectivity index (χ0v) is 29.4. The summed E-state index contributed by atoms with van der Waals surface area (Å²) in [6.45, 7) is 6.91. The SMILES string of the molecule is CCC(c1c(CC2CCC2)c2cc(OCc3nc4ccccc4s3)ccc2n1Cc1ccc(-c2ccc(OC)nc2)cc1)C(C)(C)C(=O)O. The second-order valence-electron chi connectivity index (χ2n) is 13.8. The fourth-order valence-electron chi connectivity index (χ4n) is 7.26. The molecule has 3 aromatic heterocycles. The molecule has 7 nitrogen and oxygen atoms in total. The molecule has 0 aliphatic heterocycles. The number of benzene rings is 3. The van der Waals surface area contributed by atoms with Crippen LogP contribution < -0.4 is 9.47 Å². The van der Waals surface area contributed by atoms with Gasteiger partial charge in [0.25, 0.3) is 0 Å². The maximum atomic E-state index is 12.8. The summed E-state index contributed by atoms with van der Waals surface area (Å²) in [6, 6.07) is 27.0. The minimum Gasteiger partial charge on any atom is -0.486 e. The normalized spacial score (nSPS) is 14.2. The Hall–Kier alpha value is -4.69. The molecule has 1 saturated carbocycles. The Labute approximate surface area is 291 Å². The number of ether oxygens (including phenoxy) is 2. The first kappa shape index (κ1) is 32.8. The number of rotatable bonds is 13. The van der Waals surface area contributed by atoms with Crippen molar-refractivity contribution in [3.8, 4) is 22.8 Å². The fourth-order valence-corrected chi connectivity index (χ4v) is 8.14. The molecule has 252 valence electrons. The summed E-state index contributed by atoms with van der Waals surface area (Å²) in [7, 11) is 1.62. The maximum Gasteiger partial charge on any atom is 0.309 e. The van der Waals surface area contributed by atoms with Crippen LogP contribution in [0.5, 0.6) is 11.6 Å². The Morgan fingerprint density at radius 1 is 1.04 bits per heavy atom. The van der Waals surface area contributed by atoms with Gasteiger partial charge in [-0.25, -0.2) is 9.97 Å². The molecule has 7 rings (SSSR count). The van der Waals surface area contributed by atoms with Gasteiger partial charge in [0.2, 0.25) is 5.88 Å². The van der Waals surface area contributed by atoms with E-state index < -0.39 is 11.4 Å². The van der Waals surface area contributed by atoms with Gasteiger partial charge in [0, 0.05) is 46.9 Å². The van der Waals surface area contributed by atoms with E-state index in [2.05, 4.69) is 58.9 Å². The lowest BCUT2D eigenvalue weighted by Gasteiger charge is -2.33. The molecule has 0 saturated heterocycles. The fraction of sp³-hybridized carbons (Fsp3) is 0.341. The number of carboxylic acids is 1. The highest BCUT2D eigenvalue weighted by Crippen LogP contribution is 2.46. The molecule has 0 bridgehead atoms. The van der Waals surface area contributed by atoms with Gasteiger partial charge < -0.3 is 19.1 Å². The molecule has 8 heteroatoms. The number of aliphatic carboxylic acids is 1. The highest BCUT2D eigenvalue weighted by atomic mass is 32.1. The van der Waals surface area contributed by atoms with Gasteiger partial charge in [-0.05, 0) is 85.7 Å². The molecule has 1 N–H and O–H groups in total. The number of fused-ring (bicyclic) bond motifs is 2. The van der Waals surface area contributed by atoms with Crippen LogP contribution in [0.15, 0.2) is 85.1 Å². The van der Waals surface area contributed by atoms with E-state index in [-0.39, 0.29) is 5.92 Å². The largest absolute Gasteiger partial charge is 0.486 e. The first-order valence-electron chi connectivity index (χ1n) is 17.2. The summed E-state index contributed by atoms with van der Waals surface area (Å²) in [4.78, 5) is 21.9. The predicted molar refractivity (Wildman–Crippen MR) is 197 cm³/mol. The summed E-state index contributed by atoms with van der Waals surface area (Å²) in [5.41, 5.74) is 6.82. The predicted octanol–water partition coefficient (Wildman–Crippen LogP) is 9.90. The van der Waals surface area contributed by atoms with Gasteiger partial charge in [-0.15, -0.1) is 11.3 Å². The number of nitrogens with zero attached hydrogens (tertiary/aromatic N) is 3. The molecular formula is C41H43N3O4S. The van der Waals surface area contributed by atoms with Crippen molar-refractivity contribution in [1.29, 1.82) is 0 Å². The molecule has 0 spiro atoms. The minimum absolute atomic E-state index is 0.177. The highest BCUT2D eigenvalue weighted by Gasteiger charge is 2.41. The molecule has 49 heavy (non-hydrogen) atoms. The molecule has 1 unspecified atom stereocenters. The van der Waals surface area contributed by atoms with E-state index in [1.165, 1.54) is 24.8 Å². The van der Waals surface area contributed by atoms with E-state index in [0.717, 1.165) is 67.1 Å². The Morgan fingerprint density at radius 2 is 1.82 bits per heavy atom.